The molecule has 0 aromatic heterocycles. The summed E-state index contributed by atoms with van der Waals surface area (Å²) in [6.07, 6.45) is 1.83. The van der Waals surface area contributed by atoms with Crippen LogP contribution in [0, 0.1) is 11.7 Å². The molecule has 170 valence electrons. The number of ether oxygens (including phenoxy) is 1. The Morgan fingerprint density at radius 3 is 2.32 bits per heavy atom. The van der Waals surface area contributed by atoms with E-state index in [1.54, 1.807) is 12.1 Å². The van der Waals surface area contributed by atoms with E-state index in [4.69, 9.17) is 4.74 Å². The van der Waals surface area contributed by atoms with Crippen LogP contribution in [0.3, 0.4) is 0 Å². The molecule has 1 aromatic carbocycles. The highest BCUT2D eigenvalue weighted by atomic mass is 19.1. The van der Waals surface area contributed by atoms with Crippen LogP contribution in [0.4, 0.5) is 10.1 Å². The first-order valence-electron chi connectivity index (χ1n) is 11.4. The maximum absolute atomic E-state index is 13.2. The van der Waals surface area contributed by atoms with Crippen molar-refractivity contribution in [2.45, 2.75) is 25.8 Å². The Morgan fingerprint density at radius 1 is 0.968 bits per heavy atom. The average molecular weight is 433 g/mol. The van der Waals surface area contributed by atoms with E-state index in [2.05, 4.69) is 9.80 Å². The summed E-state index contributed by atoms with van der Waals surface area (Å²) in [7, 11) is 0. The lowest BCUT2D eigenvalue weighted by molar-refractivity contribution is -0.144. The zero-order chi connectivity index (χ0) is 21.8. The smallest absolute Gasteiger partial charge is 0.239 e. The highest BCUT2D eigenvalue weighted by molar-refractivity contribution is 5.82. The number of carbonyl (C=O) groups is 2. The van der Waals surface area contributed by atoms with E-state index < -0.39 is 0 Å². The van der Waals surface area contributed by atoms with Gasteiger partial charge in [-0.1, -0.05) is 0 Å². The van der Waals surface area contributed by atoms with Crippen molar-refractivity contribution in [3.63, 3.8) is 0 Å². The molecule has 8 heteroatoms. The standard InChI is InChI=1S/C23H33FN4O3/c1-18(28-8-2-3-19(17-28)23(30)27-13-15-31-16-14-27)22(29)26-11-9-25(10-12-26)21-6-4-20(24)5-7-21/h4-7,18-19H,2-3,8-17H2,1H3. The van der Waals surface area contributed by atoms with Crippen molar-refractivity contribution < 1.29 is 18.7 Å². The molecule has 3 aliphatic heterocycles. The molecule has 0 saturated carbocycles. The lowest BCUT2D eigenvalue weighted by atomic mass is 9.95. The van der Waals surface area contributed by atoms with Gasteiger partial charge in [0, 0.05) is 51.5 Å². The van der Waals surface area contributed by atoms with Gasteiger partial charge in [-0.25, -0.2) is 4.39 Å². The number of halogens is 1. The number of anilines is 1. The second kappa shape index (κ2) is 9.96. The van der Waals surface area contributed by atoms with Gasteiger partial charge < -0.3 is 19.4 Å². The van der Waals surface area contributed by atoms with Gasteiger partial charge in [-0.3, -0.25) is 14.5 Å². The van der Waals surface area contributed by atoms with Crippen molar-refractivity contribution in [3.8, 4) is 0 Å². The molecule has 7 nitrogen and oxygen atoms in total. The average Bonchev–Trinajstić information content (AvgIpc) is 2.84. The summed E-state index contributed by atoms with van der Waals surface area (Å²) in [6, 6.07) is 6.29. The maximum atomic E-state index is 13.2. The first-order valence-corrected chi connectivity index (χ1v) is 11.4. The van der Waals surface area contributed by atoms with Gasteiger partial charge in [-0.05, 0) is 50.6 Å². The Hall–Kier alpha value is -2.19. The fraction of sp³-hybridized carbons (Fsp3) is 0.652. The molecular weight excluding hydrogens is 399 g/mol. The number of benzene rings is 1. The van der Waals surface area contributed by atoms with Gasteiger partial charge in [-0.15, -0.1) is 0 Å². The molecule has 0 radical (unpaired) electrons. The minimum absolute atomic E-state index is 0.0302. The topological polar surface area (TPSA) is 56.3 Å². The number of carbonyl (C=O) groups excluding carboxylic acids is 2. The number of nitrogens with zero attached hydrogens (tertiary/aromatic N) is 4. The summed E-state index contributed by atoms with van der Waals surface area (Å²) in [6.45, 7) is 8.83. The zero-order valence-corrected chi connectivity index (χ0v) is 18.3. The van der Waals surface area contributed by atoms with Crippen molar-refractivity contribution in [3.05, 3.63) is 30.1 Å². The molecule has 2 amide bonds. The van der Waals surface area contributed by atoms with E-state index >= 15 is 0 Å². The third kappa shape index (κ3) is 5.18. The molecule has 0 N–H and O–H groups in total. The summed E-state index contributed by atoms with van der Waals surface area (Å²) in [5.41, 5.74) is 0.988. The minimum atomic E-state index is -0.238. The second-order valence-corrected chi connectivity index (χ2v) is 8.74. The van der Waals surface area contributed by atoms with Crippen LogP contribution in [0.15, 0.2) is 24.3 Å². The molecule has 1 aromatic rings. The Bertz CT molecular complexity index is 761. The van der Waals surface area contributed by atoms with Crippen molar-refractivity contribution >= 4 is 17.5 Å². The number of amides is 2. The van der Waals surface area contributed by atoms with Crippen LogP contribution < -0.4 is 4.90 Å². The molecule has 2 unspecified atom stereocenters. The zero-order valence-electron chi connectivity index (χ0n) is 18.3. The number of morpholine rings is 1. The summed E-state index contributed by atoms with van der Waals surface area (Å²) >= 11 is 0. The third-order valence-electron chi connectivity index (χ3n) is 6.81. The van der Waals surface area contributed by atoms with Gasteiger partial charge in [0.1, 0.15) is 5.82 Å². The van der Waals surface area contributed by atoms with E-state index in [0.717, 1.165) is 38.2 Å². The summed E-state index contributed by atoms with van der Waals surface area (Å²) < 4.78 is 18.5. The molecule has 2 atom stereocenters. The lowest BCUT2D eigenvalue weighted by Gasteiger charge is -2.41. The summed E-state index contributed by atoms with van der Waals surface area (Å²) in [5, 5.41) is 0. The maximum Gasteiger partial charge on any atom is 0.239 e. The Balaban J connectivity index is 1.29. The number of hydrogen-bond acceptors (Lipinski definition) is 5. The van der Waals surface area contributed by atoms with Crippen molar-refractivity contribution in [2.75, 3.05) is 70.5 Å². The quantitative estimate of drug-likeness (QED) is 0.721. The third-order valence-corrected chi connectivity index (χ3v) is 6.81. The normalized spacial score (nSPS) is 24.2. The Labute approximate surface area is 183 Å². The van der Waals surface area contributed by atoms with Gasteiger partial charge in [0.2, 0.25) is 11.8 Å². The van der Waals surface area contributed by atoms with Gasteiger partial charge in [0.05, 0.1) is 25.2 Å². The van der Waals surface area contributed by atoms with E-state index in [1.165, 1.54) is 12.1 Å². The van der Waals surface area contributed by atoms with Crippen molar-refractivity contribution in [1.29, 1.82) is 0 Å². The van der Waals surface area contributed by atoms with E-state index in [0.29, 0.717) is 45.9 Å². The van der Waals surface area contributed by atoms with Crippen molar-refractivity contribution in [1.82, 2.24) is 14.7 Å². The van der Waals surface area contributed by atoms with Crippen LogP contribution in [0.2, 0.25) is 0 Å². The molecule has 3 heterocycles. The summed E-state index contributed by atoms with van der Waals surface area (Å²) in [4.78, 5) is 34.3. The number of hydrogen-bond donors (Lipinski definition) is 0. The SMILES string of the molecule is CC(C(=O)N1CCN(c2ccc(F)cc2)CC1)N1CCCC(C(=O)N2CCOCC2)C1. The van der Waals surface area contributed by atoms with Crippen molar-refractivity contribution in [2.24, 2.45) is 5.92 Å². The van der Waals surface area contributed by atoms with Crippen LogP contribution in [0.25, 0.3) is 0 Å². The molecular formula is C23H33FN4O3. The first-order chi connectivity index (χ1) is 15.0. The highest BCUT2D eigenvalue weighted by Crippen LogP contribution is 2.23. The van der Waals surface area contributed by atoms with E-state index in [1.807, 2.05) is 16.7 Å². The fourth-order valence-corrected chi connectivity index (χ4v) is 4.86. The largest absolute Gasteiger partial charge is 0.378 e. The van der Waals surface area contributed by atoms with Crippen LogP contribution >= 0.6 is 0 Å². The Kier molecular flexibility index (Phi) is 7.07. The molecule has 3 aliphatic rings. The minimum Gasteiger partial charge on any atom is -0.378 e. The van der Waals surface area contributed by atoms with E-state index in [-0.39, 0.29) is 29.6 Å². The Morgan fingerprint density at radius 2 is 1.65 bits per heavy atom. The van der Waals surface area contributed by atoms with Gasteiger partial charge >= 0.3 is 0 Å². The number of piperidine rings is 1. The molecule has 0 bridgehead atoms. The molecule has 0 spiro atoms. The number of likely N-dealkylation sites (tertiary alicyclic amines) is 1. The first kappa shape index (κ1) is 22.0. The fourth-order valence-electron chi connectivity index (χ4n) is 4.86. The lowest BCUT2D eigenvalue weighted by Crippen LogP contribution is -2.56. The highest BCUT2D eigenvalue weighted by Gasteiger charge is 2.35. The molecule has 0 aliphatic carbocycles. The monoisotopic (exact) mass is 432 g/mol. The predicted octanol–water partition coefficient (Wildman–Crippen LogP) is 1.43. The van der Waals surface area contributed by atoms with Gasteiger partial charge in [0.15, 0.2) is 0 Å². The van der Waals surface area contributed by atoms with Gasteiger partial charge in [0.25, 0.3) is 0 Å². The molecule has 31 heavy (non-hydrogen) atoms. The van der Waals surface area contributed by atoms with Crippen LogP contribution in [0.5, 0.6) is 0 Å². The van der Waals surface area contributed by atoms with E-state index in [9.17, 15) is 14.0 Å². The number of piperazine rings is 1. The van der Waals surface area contributed by atoms with Crippen LogP contribution in [-0.2, 0) is 14.3 Å². The number of rotatable bonds is 4. The van der Waals surface area contributed by atoms with Crippen LogP contribution in [-0.4, -0.2) is 98.1 Å². The second-order valence-electron chi connectivity index (χ2n) is 8.74. The molecule has 4 rings (SSSR count). The molecule has 3 fully saturated rings. The van der Waals surface area contributed by atoms with Crippen LogP contribution in [0.1, 0.15) is 19.8 Å². The predicted molar refractivity (Wildman–Crippen MR) is 116 cm³/mol. The van der Waals surface area contributed by atoms with Gasteiger partial charge in [-0.2, -0.15) is 0 Å². The summed E-state index contributed by atoms with van der Waals surface area (Å²) in [5.74, 6) is 0.0783. The molecule has 3 saturated heterocycles.